The van der Waals surface area contributed by atoms with E-state index < -0.39 is 14.9 Å². The summed E-state index contributed by atoms with van der Waals surface area (Å²) in [5.41, 5.74) is 3.81. The molecule has 1 fully saturated rings. The molecule has 2 aromatic carbocycles. The Kier molecular flexibility index (Phi) is 6.14. The molecule has 154 valence electrons. The smallest absolute Gasteiger partial charge is 0.295 e. The van der Waals surface area contributed by atoms with Crippen molar-refractivity contribution in [1.82, 2.24) is 4.31 Å². The Morgan fingerprint density at radius 3 is 2.59 bits per heavy atom. The second kappa shape index (κ2) is 8.58. The molecule has 10 heteroatoms. The standard InChI is InChI=1S/C19H22N4O5S/c1-14(15-6-5-7-16(12-15)28-2)20-21-18-9-8-17(13-19(18)23(24)25)29(26,27)22-10-3-4-11-22/h5-9,12-13,21H,3-4,10-11H2,1-2H3/b20-14-. The Morgan fingerprint density at radius 1 is 1.21 bits per heavy atom. The predicted molar refractivity (Wildman–Crippen MR) is 110 cm³/mol. The van der Waals surface area contributed by atoms with Crippen LogP contribution in [0.4, 0.5) is 11.4 Å². The van der Waals surface area contributed by atoms with Crippen molar-refractivity contribution >= 4 is 27.1 Å². The minimum Gasteiger partial charge on any atom is -0.497 e. The molecule has 0 bridgehead atoms. The number of nitro groups is 1. The van der Waals surface area contributed by atoms with Crippen LogP contribution in [0.3, 0.4) is 0 Å². The number of hydrazone groups is 1. The number of hydrogen-bond acceptors (Lipinski definition) is 7. The van der Waals surface area contributed by atoms with Crippen LogP contribution in [0.1, 0.15) is 25.3 Å². The average molecular weight is 418 g/mol. The Balaban J connectivity index is 1.88. The van der Waals surface area contributed by atoms with E-state index in [-0.39, 0.29) is 16.3 Å². The van der Waals surface area contributed by atoms with Gasteiger partial charge in [-0.15, -0.1) is 0 Å². The highest BCUT2D eigenvalue weighted by Gasteiger charge is 2.29. The molecule has 3 rings (SSSR count). The minimum absolute atomic E-state index is 0.0925. The molecule has 1 N–H and O–H groups in total. The van der Waals surface area contributed by atoms with Crippen LogP contribution in [-0.4, -0.2) is 43.6 Å². The number of nitro benzene ring substituents is 1. The minimum atomic E-state index is -3.74. The first-order chi connectivity index (χ1) is 13.8. The van der Waals surface area contributed by atoms with Gasteiger partial charge in [0.25, 0.3) is 5.69 Å². The zero-order chi connectivity index (χ0) is 21.0. The normalized spacial score (nSPS) is 15.3. The maximum atomic E-state index is 12.7. The van der Waals surface area contributed by atoms with Gasteiger partial charge in [-0.05, 0) is 44.0 Å². The number of benzene rings is 2. The van der Waals surface area contributed by atoms with Crippen molar-refractivity contribution in [3.63, 3.8) is 0 Å². The van der Waals surface area contributed by atoms with Gasteiger partial charge in [-0.2, -0.15) is 9.41 Å². The second-order valence-electron chi connectivity index (χ2n) is 6.59. The van der Waals surface area contributed by atoms with Gasteiger partial charge in [0.2, 0.25) is 10.0 Å². The van der Waals surface area contributed by atoms with Crippen molar-refractivity contribution < 1.29 is 18.1 Å². The van der Waals surface area contributed by atoms with E-state index in [1.807, 2.05) is 12.1 Å². The van der Waals surface area contributed by atoms with Crippen molar-refractivity contribution in [2.24, 2.45) is 5.10 Å². The largest absolute Gasteiger partial charge is 0.497 e. The molecule has 29 heavy (non-hydrogen) atoms. The van der Waals surface area contributed by atoms with Crippen molar-refractivity contribution in [3.8, 4) is 5.75 Å². The third-order valence-corrected chi connectivity index (χ3v) is 6.59. The molecule has 1 aliphatic rings. The van der Waals surface area contributed by atoms with E-state index >= 15 is 0 Å². The number of rotatable bonds is 7. The molecule has 0 atom stereocenters. The number of nitrogens with one attached hydrogen (secondary N) is 1. The van der Waals surface area contributed by atoms with E-state index in [0.29, 0.717) is 24.6 Å². The molecule has 2 aromatic rings. The lowest BCUT2D eigenvalue weighted by Gasteiger charge is -2.15. The highest BCUT2D eigenvalue weighted by molar-refractivity contribution is 7.89. The third kappa shape index (κ3) is 4.54. The Bertz CT molecular complexity index is 1050. The quantitative estimate of drug-likeness (QED) is 0.419. The highest BCUT2D eigenvalue weighted by atomic mass is 32.2. The predicted octanol–water partition coefficient (Wildman–Crippen LogP) is 3.22. The molecular weight excluding hydrogens is 396 g/mol. The lowest BCUT2D eigenvalue weighted by molar-refractivity contribution is -0.384. The lowest BCUT2D eigenvalue weighted by atomic mass is 10.1. The fourth-order valence-electron chi connectivity index (χ4n) is 3.05. The van der Waals surface area contributed by atoms with E-state index in [0.717, 1.165) is 24.5 Å². The van der Waals surface area contributed by atoms with Gasteiger partial charge in [0.1, 0.15) is 11.4 Å². The molecule has 0 saturated carbocycles. The van der Waals surface area contributed by atoms with Crippen molar-refractivity contribution in [2.45, 2.75) is 24.7 Å². The first kappa shape index (κ1) is 20.7. The van der Waals surface area contributed by atoms with Gasteiger partial charge in [-0.1, -0.05) is 12.1 Å². The van der Waals surface area contributed by atoms with E-state index in [9.17, 15) is 18.5 Å². The molecule has 1 aliphatic heterocycles. The SMILES string of the molecule is COc1cccc(/C(C)=N\Nc2ccc(S(=O)(=O)N3CCCC3)cc2[N+](=O)[O-])c1. The van der Waals surface area contributed by atoms with Crippen LogP contribution in [0.25, 0.3) is 0 Å². The third-order valence-electron chi connectivity index (χ3n) is 4.70. The molecule has 9 nitrogen and oxygen atoms in total. The summed E-state index contributed by atoms with van der Waals surface area (Å²) < 4.78 is 31.9. The molecular formula is C19H22N4O5S. The summed E-state index contributed by atoms with van der Waals surface area (Å²) in [6.07, 6.45) is 1.58. The number of sulfonamides is 1. The zero-order valence-corrected chi connectivity index (χ0v) is 17.0. The van der Waals surface area contributed by atoms with Gasteiger partial charge in [0, 0.05) is 24.7 Å². The van der Waals surface area contributed by atoms with Gasteiger partial charge in [0.05, 0.1) is 22.6 Å². The summed E-state index contributed by atoms with van der Waals surface area (Å²) in [6.45, 7) is 2.61. The van der Waals surface area contributed by atoms with Crippen molar-refractivity contribution in [1.29, 1.82) is 0 Å². The van der Waals surface area contributed by atoms with Crippen LogP contribution >= 0.6 is 0 Å². The maximum Gasteiger partial charge on any atom is 0.295 e. The Hall–Kier alpha value is -2.98. The topological polar surface area (TPSA) is 114 Å². The van der Waals surface area contributed by atoms with Gasteiger partial charge in [-0.3, -0.25) is 15.5 Å². The second-order valence-corrected chi connectivity index (χ2v) is 8.53. The van der Waals surface area contributed by atoms with Crippen molar-refractivity contribution in [3.05, 3.63) is 58.1 Å². The average Bonchev–Trinajstić information content (AvgIpc) is 3.27. The number of methoxy groups -OCH3 is 1. The van der Waals surface area contributed by atoms with Gasteiger partial charge in [0.15, 0.2) is 0 Å². The molecule has 0 aromatic heterocycles. The molecule has 0 radical (unpaired) electrons. The van der Waals surface area contributed by atoms with Crippen LogP contribution in [0.5, 0.6) is 5.75 Å². The molecule has 0 spiro atoms. The fourth-order valence-corrected chi connectivity index (χ4v) is 4.59. The van der Waals surface area contributed by atoms with Crippen LogP contribution in [0.2, 0.25) is 0 Å². The summed E-state index contributed by atoms with van der Waals surface area (Å²) in [5.74, 6) is 0.666. The molecule has 0 aliphatic carbocycles. The van der Waals surface area contributed by atoms with E-state index in [1.165, 1.54) is 16.4 Å². The number of hydrogen-bond donors (Lipinski definition) is 1. The first-order valence-corrected chi connectivity index (χ1v) is 10.5. The first-order valence-electron chi connectivity index (χ1n) is 9.06. The van der Waals surface area contributed by atoms with Gasteiger partial charge < -0.3 is 4.74 Å². The van der Waals surface area contributed by atoms with Crippen LogP contribution in [-0.2, 0) is 10.0 Å². The summed E-state index contributed by atoms with van der Waals surface area (Å²) >= 11 is 0. The number of anilines is 1. The zero-order valence-electron chi connectivity index (χ0n) is 16.2. The Labute approximate surface area is 169 Å². The number of nitrogens with zero attached hydrogens (tertiary/aromatic N) is 3. The van der Waals surface area contributed by atoms with Crippen LogP contribution < -0.4 is 10.2 Å². The van der Waals surface area contributed by atoms with Crippen LogP contribution in [0, 0.1) is 10.1 Å². The summed E-state index contributed by atoms with van der Waals surface area (Å²) in [5, 5.41) is 15.7. The van der Waals surface area contributed by atoms with Gasteiger partial charge in [-0.25, -0.2) is 8.42 Å². The lowest BCUT2D eigenvalue weighted by Crippen LogP contribution is -2.27. The van der Waals surface area contributed by atoms with Gasteiger partial charge >= 0.3 is 0 Å². The summed E-state index contributed by atoms with van der Waals surface area (Å²) in [6, 6.07) is 11.0. The van der Waals surface area contributed by atoms with Crippen molar-refractivity contribution in [2.75, 3.05) is 25.6 Å². The van der Waals surface area contributed by atoms with Crippen LogP contribution in [0.15, 0.2) is 52.5 Å². The summed E-state index contributed by atoms with van der Waals surface area (Å²) in [4.78, 5) is 10.8. The molecule has 1 heterocycles. The Morgan fingerprint density at radius 2 is 1.93 bits per heavy atom. The van der Waals surface area contributed by atoms with E-state index in [4.69, 9.17) is 4.74 Å². The monoisotopic (exact) mass is 418 g/mol. The maximum absolute atomic E-state index is 12.7. The molecule has 0 unspecified atom stereocenters. The fraction of sp³-hybridized carbons (Fsp3) is 0.316. The van der Waals surface area contributed by atoms with E-state index in [1.54, 1.807) is 26.2 Å². The number of ether oxygens (including phenoxy) is 1. The molecule has 0 amide bonds. The van der Waals surface area contributed by atoms with E-state index in [2.05, 4.69) is 10.5 Å². The summed E-state index contributed by atoms with van der Waals surface area (Å²) in [7, 11) is -2.18. The highest BCUT2D eigenvalue weighted by Crippen LogP contribution is 2.30. The molecule has 1 saturated heterocycles.